The van der Waals surface area contributed by atoms with Crippen molar-refractivity contribution in [2.24, 2.45) is 5.92 Å². The summed E-state index contributed by atoms with van der Waals surface area (Å²) in [6.07, 6.45) is 24.0. The van der Waals surface area contributed by atoms with Gasteiger partial charge < -0.3 is 0 Å². The van der Waals surface area contributed by atoms with Crippen LogP contribution in [0.25, 0.3) is 0 Å². The normalized spacial score (nSPS) is 14.4. The Hall–Kier alpha value is -1.03. The first-order valence-corrected chi connectivity index (χ1v) is 21.7. The molecule has 35 heavy (non-hydrogen) atoms. The van der Waals surface area contributed by atoms with E-state index in [4.69, 9.17) is 0 Å². The summed E-state index contributed by atoms with van der Waals surface area (Å²) in [5.74, 6) is 0.0298. The third kappa shape index (κ3) is 15.0. The van der Waals surface area contributed by atoms with E-state index >= 15 is 0 Å². The molecule has 200 valence electrons. The molecule has 2 nitrogen and oxygen atoms in total. The summed E-state index contributed by atoms with van der Waals surface area (Å²) in [4.78, 5) is 12.1. The predicted octanol–water partition coefficient (Wildman–Crippen LogP) is 10.6. The number of carboxylic acid groups (broad SMARTS) is 1. The fourth-order valence-electron chi connectivity index (χ4n) is 4.73. The molecule has 0 amide bonds. The molecule has 0 aromatic heterocycles. The van der Waals surface area contributed by atoms with Crippen LogP contribution >= 0.6 is 0 Å². The van der Waals surface area contributed by atoms with Gasteiger partial charge in [-0.2, -0.15) is 0 Å². The third-order valence-corrected chi connectivity index (χ3v) is 23.1. The zero-order valence-corrected chi connectivity index (χ0v) is 27.2. The van der Waals surface area contributed by atoms with Crippen molar-refractivity contribution in [1.82, 2.24) is 0 Å². The van der Waals surface area contributed by atoms with Crippen LogP contribution < -0.4 is 0 Å². The zero-order chi connectivity index (χ0) is 26.7. The van der Waals surface area contributed by atoms with Gasteiger partial charge >= 0.3 is 204 Å². The predicted molar refractivity (Wildman–Crippen MR) is 160 cm³/mol. The molecule has 3 heteroatoms. The van der Waals surface area contributed by atoms with E-state index in [9.17, 15) is 9.90 Å². The van der Waals surface area contributed by atoms with E-state index in [1.54, 1.807) is 0 Å². The van der Waals surface area contributed by atoms with Gasteiger partial charge in [-0.25, -0.2) is 0 Å². The Morgan fingerprint density at radius 2 is 1.31 bits per heavy atom. The molecule has 0 spiro atoms. The standard InChI is InChI=1S/C20H29O2.3C4H9.Sn/c1-16(2)10-8-12-18(4)14-9-13-17(3)11-6-7-15-19(5)20(21)22;3*1-3-4-2;/h6-7,9,11,13-14,16H,8,10,12H2,1-5H3,(H,21,22);3*1,3-4H2,2H3;/b7-6+,13-9+,17-11+,18-14+,19-15?;;;;. The number of allylic oxidation sites excluding steroid dienone is 9. The molecule has 1 N–H and O–H groups in total. The van der Waals surface area contributed by atoms with Gasteiger partial charge in [-0.1, -0.05) is 13.8 Å². The summed E-state index contributed by atoms with van der Waals surface area (Å²) >= 11 is -2.84. The molecule has 0 aliphatic rings. The van der Waals surface area contributed by atoms with E-state index in [0.717, 1.165) is 12.3 Å². The molecule has 0 radical (unpaired) electrons. The van der Waals surface area contributed by atoms with E-state index in [0.29, 0.717) is 5.57 Å². The molecule has 0 aromatic rings. The third-order valence-electron chi connectivity index (χ3n) is 7.04. The summed E-state index contributed by atoms with van der Waals surface area (Å²) in [5, 5.41) is 9.97. The molecule has 0 bridgehead atoms. The van der Waals surface area contributed by atoms with Gasteiger partial charge in [0, 0.05) is 0 Å². The maximum absolute atomic E-state index is 12.1. The van der Waals surface area contributed by atoms with Gasteiger partial charge in [-0.15, -0.1) is 0 Å². The number of carboxylic acids is 1. The van der Waals surface area contributed by atoms with E-state index < -0.39 is 24.3 Å². The Labute approximate surface area is 222 Å². The van der Waals surface area contributed by atoms with Gasteiger partial charge in [0.2, 0.25) is 0 Å². The summed E-state index contributed by atoms with van der Waals surface area (Å²) in [6.45, 7) is 17.5. The number of aliphatic carboxylic acids is 1. The van der Waals surface area contributed by atoms with Crippen molar-refractivity contribution >= 4 is 24.3 Å². The molecule has 0 aliphatic carbocycles. The molecule has 0 rings (SSSR count). The molecule has 0 fully saturated rings. The van der Waals surface area contributed by atoms with E-state index in [1.165, 1.54) is 79.4 Å². The molecule has 0 aliphatic heterocycles. The van der Waals surface area contributed by atoms with Crippen LogP contribution in [0.1, 0.15) is 113 Å². The van der Waals surface area contributed by atoms with Gasteiger partial charge in [0.25, 0.3) is 0 Å². The van der Waals surface area contributed by atoms with Crippen molar-refractivity contribution in [2.75, 3.05) is 0 Å². The monoisotopic (exact) mass is 592 g/mol. The summed E-state index contributed by atoms with van der Waals surface area (Å²) in [7, 11) is 0. The number of hydrogen-bond donors (Lipinski definition) is 1. The molecular formula is C32H56O2Sn. The van der Waals surface area contributed by atoms with Crippen LogP contribution in [0, 0.1) is 5.92 Å². The van der Waals surface area contributed by atoms with Crippen LogP contribution in [0.3, 0.4) is 0 Å². The summed E-state index contributed by atoms with van der Waals surface area (Å²) < 4.78 is 5.08. The summed E-state index contributed by atoms with van der Waals surface area (Å²) in [6, 6.07) is 0. The minimum absolute atomic E-state index is 0.599. The molecule has 0 unspecified atom stereocenters. The maximum atomic E-state index is 12.1. The first kappa shape index (κ1) is 34.0. The topological polar surface area (TPSA) is 37.3 Å². The zero-order valence-electron chi connectivity index (χ0n) is 24.4. The molecule has 0 saturated carbocycles. The van der Waals surface area contributed by atoms with Gasteiger partial charge in [-0.3, -0.25) is 0 Å². The number of carbonyl (C=O) groups is 1. The Kier molecular flexibility index (Phi) is 19.5. The van der Waals surface area contributed by atoms with Crippen molar-refractivity contribution < 1.29 is 9.90 Å². The average molecular weight is 592 g/mol. The van der Waals surface area contributed by atoms with Crippen LogP contribution in [-0.2, 0) is 4.79 Å². The van der Waals surface area contributed by atoms with Crippen LogP contribution in [0.4, 0.5) is 0 Å². The second-order valence-electron chi connectivity index (χ2n) is 10.9. The molecule has 0 atom stereocenters. The summed E-state index contributed by atoms with van der Waals surface area (Å²) in [5.41, 5.74) is 3.22. The van der Waals surface area contributed by atoms with Crippen LogP contribution in [0.15, 0.2) is 56.8 Å². The SMILES string of the molecule is CCC[CH2][Sn]([CH2]CCC)([CH2]CCC)[C](/C=C/C=C(C)/C=C/C=C(\C)CCCC(C)C)=C(\C)C(=O)O. The fourth-order valence-corrected chi connectivity index (χ4v) is 21.9. The Morgan fingerprint density at radius 3 is 1.77 bits per heavy atom. The van der Waals surface area contributed by atoms with E-state index in [1.807, 2.05) is 6.92 Å². The van der Waals surface area contributed by atoms with Crippen LogP contribution in [0.2, 0.25) is 13.3 Å². The second-order valence-corrected chi connectivity index (χ2v) is 24.0. The van der Waals surface area contributed by atoms with Crippen LogP contribution in [0.5, 0.6) is 0 Å². The van der Waals surface area contributed by atoms with Gasteiger partial charge in [0.05, 0.1) is 0 Å². The fraction of sp³-hybridized carbons (Fsp3) is 0.656. The number of unbranched alkanes of at least 4 members (excludes halogenated alkanes) is 3. The quantitative estimate of drug-likeness (QED) is 0.0922. The van der Waals surface area contributed by atoms with Crippen molar-refractivity contribution in [2.45, 2.75) is 126 Å². The van der Waals surface area contributed by atoms with Crippen molar-refractivity contribution in [3.05, 3.63) is 56.8 Å². The molecule has 0 aromatic carbocycles. The van der Waals surface area contributed by atoms with Crippen molar-refractivity contribution in [3.8, 4) is 0 Å². The van der Waals surface area contributed by atoms with Gasteiger partial charge in [-0.05, 0) is 5.92 Å². The first-order valence-electron chi connectivity index (χ1n) is 14.3. The number of hydrogen-bond acceptors (Lipinski definition) is 1. The second kappa shape index (κ2) is 20.1. The molecule has 0 heterocycles. The molecular weight excluding hydrogens is 535 g/mol. The first-order chi connectivity index (χ1) is 16.6. The van der Waals surface area contributed by atoms with Crippen molar-refractivity contribution in [3.63, 3.8) is 0 Å². The van der Waals surface area contributed by atoms with Crippen molar-refractivity contribution in [1.29, 1.82) is 0 Å². The van der Waals surface area contributed by atoms with E-state index in [-0.39, 0.29) is 0 Å². The van der Waals surface area contributed by atoms with Gasteiger partial charge in [0.1, 0.15) is 0 Å². The Balaban J connectivity index is 5.86. The Morgan fingerprint density at radius 1 is 0.800 bits per heavy atom. The van der Waals surface area contributed by atoms with Gasteiger partial charge in [0.15, 0.2) is 0 Å². The average Bonchev–Trinajstić information content (AvgIpc) is 2.81. The van der Waals surface area contributed by atoms with Crippen LogP contribution in [-0.4, -0.2) is 29.5 Å². The van der Waals surface area contributed by atoms with E-state index in [2.05, 4.69) is 84.9 Å². The number of rotatable bonds is 19. The molecule has 0 saturated heterocycles. The minimum atomic E-state index is -2.84. The Bertz CT molecular complexity index is 728.